The van der Waals surface area contributed by atoms with E-state index in [9.17, 15) is 9.90 Å². The van der Waals surface area contributed by atoms with Crippen LogP contribution in [0, 0.1) is 0 Å². The third-order valence-corrected chi connectivity index (χ3v) is 1.65. The molecule has 0 unspecified atom stereocenters. The molecule has 0 aromatic rings. The second kappa shape index (κ2) is 1.99. The Balaban J connectivity index is 2.61. The molecule has 9 heavy (non-hydrogen) atoms. The summed E-state index contributed by atoms with van der Waals surface area (Å²) in [5.41, 5.74) is -1.00. The lowest BCUT2D eigenvalue weighted by molar-refractivity contribution is -0.323. The van der Waals surface area contributed by atoms with E-state index in [1.165, 1.54) is 0 Å². The molecule has 0 spiro atoms. The van der Waals surface area contributed by atoms with Crippen LogP contribution in [0.2, 0.25) is 0 Å². The molecule has 1 atom stereocenters. The van der Waals surface area contributed by atoms with Crippen LogP contribution in [0.4, 0.5) is 0 Å². The number of aliphatic carboxylic acids is 1. The summed E-state index contributed by atoms with van der Waals surface area (Å²) in [6, 6.07) is 0. The molecule has 0 aliphatic carbocycles. The third kappa shape index (κ3) is 1.05. The number of ether oxygens (including phenoxy) is 1. The van der Waals surface area contributed by atoms with Gasteiger partial charge >= 0.3 is 0 Å². The van der Waals surface area contributed by atoms with Gasteiger partial charge in [0.2, 0.25) is 0 Å². The Labute approximate surface area is 53.6 Å². The molecule has 1 aliphatic heterocycles. The first-order valence-electron chi connectivity index (χ1n) is 3.00. The summed E-state index contributed by atoms with van der Waals surface area (Å²) in [7, 11) is 0. The van der Waals surface area contributed by atoms with E-state index < -0.39 is 11.6 Å². The minimum atomic E-state index is -1.10. The molecule has 1 saturated heterocycles. The molecule has 1 aliphatic rings. The van der Waals surface area contributed by atoms with Crippen molar-refractivity contribution >= 4 is 5.97 Å². The van der Waals surface area contributed by atoms with Crippen LogP contribution in [0.3, 0.4) is 0 Å². The van der Waals surface area contributed by atoms with Crippen LogP contribution < -0.4 is 5.11 Å². The van der Waals surface area contributed by atoms with Gasteiger partial charge in [0.25, 0.3) is 0 Å². The molecule has 0 N–H and O–H groups in total. The molecular formula is C6H9O3-. The zero-order chi connectivity index (χ0) is 6.91. The Kier molecular flexibility index (Phi) is 1.45. The smallest absolute Gasteiger partial charge is 0.105 e. The fourth-order valence-electron chi connectivity index (χ4n) is 0.940. The molecule has 1 heterocycles. The molecule has 1 fully saturated rings. The lowest BCUT2D eigenvalue weighted by Gasteiger charge is -2.23. The number of hydrogen-bond acceptors (Lipinski definition) is 3. The Morgan fingerprint density at radius 3 is 2.67 bits per heavy atom. The first kappa shape index (κ1) is 6.55. The Bertz CT molecular complexity index is 124. The van der Waals surface area contributed by atoms with E-state index in [-0.39, 0.29) is 0 Å². The molecule has 0 bridgehead atoms. The number of carboxylic acid groups (broad SMARTS) is 1. The summed E-state index contributed by atoms with van der Waals surface area (Å²) in [5, 5.41) is 10.3. The van der Waals surface area contributed by atoms with E-state index in [0.29, 0.717) is 13.0 Å². The predicted molar refractivity (Wildman–Crippen MR) is 28.6 cm³/mol. The van der Waals surface area contributed by atoms with Crippen molar-refractivity contribution in [2.24, 2.45) is 0 Å². The van der Waals surface area contributed by atoms with Gasteiger partial charge in [0, 0.05) is 6.61 Å². The second-order valence-corrected chi connectivity index (χ2v) is 2.47. The van der Waals surface area contributed by atoms with Crippen molar-refractivity contribution in [3.63, 3.8) is 0 Å². The topological polar surface area (TPSA) is 49.4 Å². The third-order valence-electron chi connectivity index (χ3n) is 1.65. The highest BCUT2D eigenvalue weighted by atomic mass is 16.5. The van der Waals surface area contributed by atoms with Crippen LogP contribution >= 0.6 is 0 Å². The molecule has 3 heteroatoms. The Morgan fingerprint density at radius 2 is 2.44 bits per heavy atom. The zero-order valence-electron chi connectivity index (χ0n) is 5.35. The first-order valence-corrected chi connectivity index (χ1v) is 3.00. The van der Waals surface area contributed by atoms with Gasteiger partial charge in [-0.2, -0.15) is 0 Å². The van der Waals surface area contributed by atoms with Gasteiger partial charge in [-0.15, -0.1) is 0 Å². The molecule has 52 valence electrons. The molecule has 0 radical (unpaired) electrons. The summed E-state index contributed by atoms with van der Waals surface area (Å²) in [5.74, 6) is -1.10. The first-order chi connectivity index (χ1) is 4.15. The van der Waals surface area contributed by atoms with Crippen molar-refractivity contribution in [1.82, 2.24) is 0 Å². The highest BCUT2D eigenvalue weighted by Crippen LogP contribution is 2.23. The van der Waals surface area contributed by atoms with Crippen molar-refractivity contribution in [3.05, 3.63) is 0 Å². The number of hydrogen-bond donors (Lipinski definition) is 0. The molecule has 0 aromatic carbocycles. The summed E-state index contributed by atoms with van der Waals surface area (Å²) in [4.78, 5) is 10.3. The SMILES string of the molecule is C[C@@]1(C(=O)[O-])CCCO1. The van der Waals surface area contributed by atoms with Crippen LogP contribution in [0.15, 0.2) is 0 Å². The van der Waals surface area contributed by atoms with E-state index in [4.69, 9.17) is 4.74 Å². The summed E-state index contributed by atoms with van der Waals surface area (Å²) < 4.78 is 4.94. The second-order valence-electron chi connectivity index (χ2n) is 2.47. The molecule has 1 rings (SSSR count). The quantitative estimate of drug-likeness (QED) is 0.470. The van der Waals surface area contributed by atoms with Gasteiger partial charge in [-0.1, -0.05) is 0 Å². The van der Waals surface area contributed by atoms with Crippen LogP contribution in [-0.2, 0) is 9.53 Å². The number of carboxylic acids is 1. The summed E-state index contributed by atoms with van der Waals surface area (Å²) in [6.07, 6.45) is 1.40. The van der Waals surface area contributed by atoms with E-state index in [1.807, 2.05) is 0 Å². The number of carbonyl (C=O) groups is 1. The van der Waals surface area contributed by atoms with Crippen LogP contribution in [0.5, 0.6) is 0 Å². The molecule has 3 nitrogen and oxygen atoms in total. The molecular weight excluding hydrogens is 120 g/mol. The normalized spacial score (nSPS) is 34.8. The van der Waals surface area contributed by atoms with Crippen molar-refractivity contribution in [2.75, 3.05) is 6.61 Å². The maximum atomic E-state index is 10.3. The van der Waals surface area contributed by atoms with E-state index in [1.54, 1.807) is 6.92 Å². The maximum absolute atomic E-state index is 10.3. The van der Waals surface area contributed by atoms with Crippen LogP contribution in [0.25, 0.3) is 0 Å². The van der Waals surface area contributed by atoms with Gasteiger partial charge in [-0.05, 0) is 19.8 Å². The Hall–Kier alpha value is -0.570. The lowest BCUT2D eigenvalue weighted by atomic mass is 10.0. The standard InChI is InChI=1S/C6H10O3/c1-6(5(7)8)3-2-4-9-6/h2-4H2,1H3,(H,7,8)/p-1/t6-/m0/s1. The van der Waals surface area contributed by atoms with Crippen molar-refractivity contribution in [2.45, 2.75) is 25.4 Å². The van der Waals surface area contributed by atoms with Crippen molar-refractivity contribution in [1.29, 1.82) is 0 Å². The molecule has 0 amide bonds. The van der Waals surface area contributed by atoms with Gasteiger partial charge in [0.15, 0.2) is 0 Å². The van der Waals surface area contributed by atoms with Crippen LogP contribution in [-0.4, -0.2) is 18.2 Å². The predicted octanol–water partition coefficient (Wildman–Crippen LogP) is -0.695. The highest BCUT2D eigenvalue weighted by Gasteiger charge is 2.30. The Morgan fingerprint density at radius 1 is 1.78 bits per heavy atom. The average Bonchev–Trinajstić information content (AvgIpc) is 2.16. The number of rotatable bonds is 1. The average molecular weight is 129 g/mol. The fourth-order valence-corrected chi connectivity index (χ4v) is 0.940. The van der Waals surface area contributed by atoms with Gasteiger partial charge in [-0.25, -0.2) is 0 Å². The largest absolute Gasteiger partial charge is 0.547 e. The molecule has 0 aromatic heterocycles. The summed E-state index contributed by atoms with van der Waals surface area (Å²) in [6.45, 7) is 2.10. The molecule has 0 saturated carbocycles. The summed E-state index contributed by atoms with van der Waals surface area (Å²) >= 11 is 0. The monoisotopic (exact) mass is 129 g/mol. The van der Waals surface area contributed by atoms with Crippen molar-refractivity contribution < 1.29 is 14.6 Å². The van der Waals surface area contributed by atoms with Crippen LogP contribution in [0.1, 0.15) is 19.8 Å². The maximum Gasteiger partial charge on any atom is 0.105 e. The van der Waals surface area contributed by atoms with Crippen molar-refractivity contribution in [3.8, 4) is 0 Å². The van der Waals surface area contributed by atoms with E-state index in [2.05, 4.69) is 0 Å². The minimum absolute atomic E-state index is 0.546. The van der Waals surface area contributed by atoms with Gasteiger partial charge < -0.3 is 14.6 Å². The fraction of sp³-hybridized carbons (Fsp3) is 0.833. The number of carbonyl (C=O) groups excluding carboxylic acids is 1. The zero-order valence-corrected chi connectivity index (χ0v) is 5.35. The van der Waals surface area contributed by atoms with E-state index >= 15 is 0 Å². The van der Waals surface area contributed by atoms with Gasteiger partial charge in [-0.3, -0.25) is 0 Å². The minimum Gasteiger partial charge on any atom is -0.547 e. The highest BCUT2D eigenvalue weighted by molar-refractivity contribution is 5.74. The van der Waals surface area contributed by atoms with Gasteiger partial charge in [0.1, 0.15) is 5.60 Å². The lowest BCUT2D eigenvalue weighted by Crippen LogP contribution is -2.45. The van der Waals surface area contributed by atoms with E-state index in [0.717, 1.165) is 6.42 Å². The van der Waals surface area contributed by atoms with Gasteiger partial charge in [0.05, 0.1) is 5.97 Å².